The lowest BCUT2D eigenvalue weighted by atomic mass is 10.2. The molecule has 1 aromatic heterocycles. The van der Waals surface area contributed by atoms with Crippen molar-refractivity contribution in [3.63, 3.8) is 0 Å². The van der Waals surface area contributed by atoms with Crippen molar-refractivity contribution in [2.75, 3.05) is 12.4 Å². The number of halogens is 2. The summed E-state index contributed by atoms with van der Waals surface area (Å²) in [7, 11) is 1.23. The number of carbonyl (C=O) groups excluding carboxylic acids is 1. The zero-order chi connectivity index (χ0) is 18.0. The summed E-state index contributed by atoms with van der Waals surface area (Å²) in [5, 5.41) is 6.55. The molecular weight excluding hydrogens is 328 g/mol. The quantitative estimate of drug-likeness (QED) is 0.785. The van der Waals surface area contributed by atoms with Gasteiger partial charge in [-0.05, 0) is 25.1 Å². The van der Waals surface area contributed by atoms with Crippen LogP contribution in [-0.4, -0.2) is 22.8 Å². The van der Waals surface area contributed by atoms with Crippen LogP contribution in [0.25, 0.3) is 5.69 Å². The van der Waals surface area contributed by atoms with E-state index in [0.717, 1.165) is 23.5 Å². The SMILES string of the molecule is COc1cc(F)c(NC(=O)c2cc(C)n(-c3ccccc3)n2)cc1F. The predicted molar refractivity (Wildman–Crippen MR) is 89.2 cm³/mol. The number of hydrogen-bond acceptors (Lipinski definition) is 3. The Balaban J connectivity index is 1.87. The van der Waals surface area contributed by atoms with E-state index in [0.29, 0.717) is 0 Å². The summed E-state index contributed by atoms with van der Waals surface area (Å²) in [4.78, 5) is 12.3. The van der Waals surface area contributed by atoms with Gasteiger partial charge in [-0.1, -0.05) is 18.2 Å². The summed E-state index contributed by atoms with van der Waals surface area (Å²) in [5.41, 5.74) is 1.34. The number of ether oxygens (including phenoxy) is 1. The van der Waals surface area contributed by atoms with E-state index in [9.17, 15) is 13.6 Å². The lowest BCUT2D eigenvalue weighted by Crippen LogP contribution is -2.14. The zero-order valence-electron chi connectivity index (χ0n) is 13.6. The highest BCUT2D eigenvalue weighted by atomic mass is 19.1. The van der Waals surface area contributed by atoms with Gasteiger partial charge in [0.05, 0.1) is 18.5 Å². The summed E-state index contributed by atoms with van der Waals surface area (Å²) in [6.45, 7) is 1.80. The van der Waals surface area contributed by atoms with E-state index in [2.05, 4.69) is 10.4 Å². The van der Waals surface area contributed by atoms with Crippen LogP contribution in [0.1, 0.15) is 16.2 Å². The molecule has 0 aliphatic heterocycles. The third kappa shape index (κ3) is 3.35. The lowest BCUT2D eigenvalue weighted by molar-refractivity contribution is 0.102. The number of benzene rings is 2. The minimum absolute atomic E-state index is 0.0944. The first-order chi connectivity index (χ1) is 12.0. The lowest BCUT2D eigenvalue weighted by Gasteiger charge is -2.08. The molecule has 0 aliphatic rings. The van der Waals surface area contributed by atoms with E-state index in [-0.39, 0.29) is 17.1 Å². The molecule has 2 aromatic carbocycles. The molecule has 1 heterocycles. The van der Waals surface area contributed by atoms with Gasteiger partial charge in [0.1, 0.15) is 0 Å². The summed E-state index contributed by atoms with van der Waals surface area (Å²) in [6.07, 6.45) is 0. The van der Waals surface area contributed by atoms with Crippen LogP contribution in [0.15, 0.2) is 48.5 Å². The maximum absolute atomic E-state index is 14.0. The number of anilines is 1. The van der Waals surface area contributed by atoms with Gasteiger partial charge < -0.3 is 10.1 Å². The average molecular weight is 343 g/mol. The van der Waals surface area contributed by atoms with Crippen LogP contribution in [0.2, 0.25) is 0 Å². The molecule has 7 heteroatoms. The Hall–Kier alpha value is -3.22. The Morgan fingerprint density at radius 2 is 1.84 bits per heavy atom. The number of nitrogens with one attached hydrogen (secondary N) is 1. The number of nitrogens with zero attached hydrogens (tertiary/aromatic N) is 2. The van der Waals surface area contributed by atoms with Crippen molar-refractivity contribution in [3.05, 3.63) is 71.6 Å². The monoisotopic (exact) mass is 343 g/mol. The molecule has 0 aliphatic carbocycles. The number of amides is 1. The number of aryl methyl sites for hydroxylation is 1. The molecule has 5 nitrogen and oxygen atoms in total. The van der Waals surface area contributed by atoms with E-state index in [1.165, 1.54) is 7.11 Å². The molecule has 3 aromatic rings. The fourth-order valence-corrected chi connectivity index (χ4v) is 2.38. The maximum atomic E-state index is 14.0. The highest BCUT2D eigenvalue weighted by molar-refractivity contribution is 6.03. The van der Waals surface area contributed by atoms with Crippen LogP contribution >= 0.6 is 0 Å². The third-order valence-electron chi connectivity index (χ3n) is 3.61. The standard InChI is InChI=1S/C18H15F2N3O2/c1-11-8-16(22-23(11)12-6-4-3-5-7-12)18(24)21-15-9-14(20)17(25-2)10-13(15)19/h3-10H,1-2H3,(H,21,24). The van der Waals surface area contributed by atoms with Crippen molar-refractivity contribution in [2.45, 2.75) is 6.92 Å². The van der Waals surface area contributed by atoms with Crippen LogP contribution in [-0.2, 0) is 0 Å². The van der Waals surface area contributed by atoms with Gasteiger partial charge in [-0.2, -0.15) is 5.10 Å². The van der Waals surface area contributed by atoms with Gasteiger partial charge >= 0.3 is 0 Å². The van der Waals surface area contributed by atoms with E-state index in [4.69, 9.17) is 4.74 Å². The molecule has 128 valence electrons. The Morgan fingerprint density at radius 1 is 1.12 bits per heavy atom. The summed E-state index contributed by atoms with van der Waals surface area (Å²) in [5.74, 6) is -2.45. The molecule has 0 atom stereocenters. The molecule has 1 N–H and O–H groups in total. The molecule has 0 saturated heterocycles. The molecule has 0 unspecified atom stereocenters. The molecule has 0 bridgehead atoms. The first-order valence-corrected chi connectivity index (χ1v) is 7.46. The van der Waals surface area contributed by atoms with Crippen LogP contribution in [0.3, 0.4) is 0 Å². The fraction of sp³-hybridized carbons (Fsp3) is 0.111. The highest BCUT2D eigenvalue weighted by Gasteiger charge is 2.17. The largest absolute Gasteiger partial charge is 0.494 e. The number of para-hydroxylation sites is 1. The summed E-state index contributed by atoms with van der Waals surface area (Å²) in [6, 6.07) is 12.6. The highest BCUT2D eigenvalue weighted by Crippen LogP contribution is 2.25. The molecule has 0 fully saturated rings. The Bertz CT molecular complexity index is 924. The zero-order valence-corrected chi connectivity index (χ0v) is 13.6. The van der Waals surface area contributed by atoms with Crippen molar-refractivity contribution in [1.82, 2.24) is 9.78 Å². The number of hydrogen-bond donors (Lipinski definition) is 1. The fourth-order valence-electron chi connectivity index (χ4n) is 2.38. The van der Waals surface area contributed by atoms with Gasteiger partial charge in [-0.3, -0.25) is 4.79 Å². The molecular formula is C18H15F2N3O2. The molecule has 25 heavy (non-hydrogen) atoms. The minimum Gasteiger partial charge on any atom is -0.494 e. The van der Waals surface area contributed by atoms with Crippen molar-refractivity contribution in [3.8, 4) is 11.4 Å². The Labute approximate surface area is 142 Å². The maximum Gasteiger partial charge on any atom is 0.276 e. The topological polar surface area (TPSA) is 56.1 Å². The second-order valence-electron chi connectivity index (χ2n) is 5.34. The van der Waals surface area contributed by atoms with Gasteiger partial charge in [0.15, 0.2) is 23.1 Å². The average Bonchev–Trinajstić information content (AvgIpc) is 3.00. The summed E-state index contributed by atoms with van der Waals surface area (Å²) >= 11 is 0. The Morgan fingerprint density at radius 3 is 2.52 bits per heavy atom. The van der Waals surface area contributed by atoms with E-state index < -0.39 is 17.5 Å². The van der Waals surface area contributed by atoms with Gasteiger partial charge in [0, 0.05) is 17.8 Å². The normalized spacial score (nSPS) is 10.6. The molecule has 0 spiro atoms. The van der Waals surface area contributed by atoms with Crippen LogP contribution in [0, 0.1) is 18.6 Å². The van der Waals surface area contributed by atoms with Crippen LogP contribution < -0.4 is 10.1 Å². The number of rotatable bonds is 4. The second-order valence-corrected chi connectivity index (χ2v) is 5.34. The van der Waals surface area contributed by atoms with Gasteiger partial charge in [-0.25, -0.2) is 13.5 Å². The van der Waals surface area contributed by atoms with E-state index >= 15 is 0 Å². The number of aromatic nitrogens is 2. The molecule has 0 radical (unpaired) electrons. The molecule has 1 amide bonds. The second kappa shape index (κ2) is 6.72. The van der Waals surface area contributed by atoms with E-state index in [1.807, 2.05) is 30.3 Å². The summed E-state index contributed by atoms with van der Waals surface area (Å²) < 4.78 is 34.0. The Kier molecular flexibility index (Phi) is 4.47. The number of methoxy groups -OCH3 is 1. The van der Waals surface area contributed by atoms with Crippen molar-refractivity contribution >= 4 is 11.6 Å². The smallest absolute Gasteiger partial charge is 0.276 e. The van der Waals surface area contributed by atoms with Crippen molar-refractivity contribution < 1.29 is 18.3 Å². The van der Waals surface area contributed by atoms with Gasteiger partial charge in [-0.15, -0.1) is 0 Å². The van der Waals surface area contributed by atoms with Crippen molar-refractivity contribution in [1.29, 1.82) is 0 Å². The molecule has 0 saturated carbocycles. The number of carbonyl (C=O) groups is 1. The minimum atomic E-state index is -0.800. The van der Waals surface area contributed by atoms with Crippen molar-refractivity contribution in [2.24, 2.45) is 0 Å². The first kappa shape index (κ1) is 16.6. The van der Waals surface area contributed by atoms with Crippen LogP contribution in [0.5, 0.6) is 5.75 Å². The van der Waals surface area contributed by atoms with Gasteiger partial charge in [0.2, 0.25) is 0 Å². The van der Waals surface area contributed by atoms with Gasteiger partial charge in [0.25, 0.3) is 5.91 Å². The van der Waals surface area contributed by atoms with Crippen LogP contribution in [0.4, 0.5) is 14.5 Å². The first-order valence-electron chi connectivity index (χ1n) is 7.46. The molecule has 3 rings (SSSR count). The third-order valence-corrected chi connectivity index (χ3v) is 3.61. The van der Waals surface area contributed by atoms with E-state index in [1.54, 1.807) is 17.7 Å². The predicted octanol–water partition coefficient (Wildman–Crippen LogP) is 3.72.